The van der Waals surface area contributed by atoms with E-state index in [1.807, 2.05) is 36.4 Å². The summed E-state index contributed by atoms with van der Waals surface area (Å²) in [4.78, 5) is 12.2. The van der Waals surface area contributed by atoms with Crippen molar-refractivity contribution < 1.29 is 9.90 Å². The van der Waals surface area contributed by atoms with E-state index in [9.17, 15) is 9.90 Å². The van der Waals surface area contributed by atoms with Crippen LogP contribution in [0.25, 0.3) is 10.8 Å². The number of phenols is 1. The molecule has 0 heterocycles. The molecule has 3 rings (SSSR count). The van der Waals surface area contributed by atoms with Crippen molar-refractivity contribution in [3.05, 3.63) is 73.1 Å². The van der Waals surface area contributed by atoms with E-state index in [1.165, 1.54) is 6.21 Å². The van der Waals surface area contributed by atoms with Gasteiger partial charge in [0, 0.05) is 14.5 Å². The van der Waals surface area contributed by atoms with Gasteiger partial charge >= 0.3 is 0 Å². The van der Waals surface area contributed by atoms with E-state index in [4.69, 9.17) is 0 Å². The minimum absolute atomic E-state index is 0.0994. The van der Waals surface area contributed by atoms with Gasteiger partial charge in [-0.25, -0.2) is 5.43 Å². The van der Waals surface area contributed by atoms with Gasteiger partial charge in [0.05, 0.1) is 17.1 Å². The fourth-order valence-electron chi connectivity index (χ4n) is 2.52. The number of hydrogen-bond donors (Lipinski definition) is 2. The highest BCUT2D eigenvalue weighted by molar-refractivity contribution is 9.11. The van der Waals surface area contributed by atoms with Crippen molar-refractivity contribution in [3.8, 4) is 5.75 Å². The topological polar surface area (TPSA) is 61.7 Å². The fraction of sp³-hybridized carbons (Fsp3) is 0.0526. The van der Waals surface area contributed by atoms with Crippen LogP contribution in [0.2, 0.25) is 0 Å². The zero-order chi connectivity index (χ0) is 18.7. The minimum Gasteiger partial charge on any atom is -0.507 e. The summed E-state index contributed by atoms with van der Waals surface area (Å²) in [5.74, 6) is -0.117. The first-order valence-electron chi connectivity index (χ1n) is 7.61. The smallest absolute Gasteiger partial charge is 0.244 e. The van der Waals surface area contributed by atoms with Crippen molar-refractivity contribution in [1.82, 2.24) is 5.43 Å². The molecule has 2 N–H and O–H groups in total. The van der Waals surface area contributed by atoms with Gasteiger partial charge in [-0.05, 0) is 50.5 Å². The maximum atomic E-state index is 12.2. The molecule has 132 valence electrons. The molecule has 0 spiro atoms. The van der Waals surface area contributed by atoms with Gasteiger partial charge in [-0.1, -0.05) is 62.2 Å². The second-order valence-electron chi connectivity index (χ2n) is 5.55. The predicted octanol–water partition coefficient (Wildman–Crippen LogP) is 5.53. The summed E-state index contributed by atoms with van der Waals surface area (Å²) in [5.41, 5.74) is 4.11. The number of hydrogen-bond acceptors (Lipinski definition) is 3. The molecule has 0 bridgehead atoms. The molecule has 7 heteroatoms. The van der Waals surface area contributed by atoms with Crippen molar-refractivity contribution >= 4 is 70.7 Å². The number of hydrazone groups is 1. The van der Waals surface area contributed by atoms with E-state index in [1.54, 1.807) is 12.1 Å². The lowest BCUT2D eigenvalue weighted by Crippen LogP contribution is -2.20. The number of carbonyl (C=O) groups excluding carboxylic acids is 1. The minimum atomic E-state index is -0.216. The van der Waals surface area contributed by atoms with E-state index in [-0.39, 0.29) is 18.1 Å². The summed E-state index contributed by atoms with van der Waals surface area (Å²) in [6.45, 7) is 0. The highest BCUT2D eigenvalue weighted by Crippen LogP contribution is 2.30. The van der Waals surface area contributed by atoms with Gasteiger partial charge in [0.1, 0.15) is 5.75 Å². The Bertz CT molecular complexity index is 1020. The van der Waals surface area contributed by atoms with Crippen molar-refractivity contribution in [1.29, 1.82) is 0 Å². The lowest BCUT2D eigenvalue weighted by atomic mass is 10.0. The third kappa shape index (κ3) is 4.34. The van der Waals surface area contributed by atoms with E-state index in [0.717, 1.165) is 25.3 Å². The van der Waals surface area contributed by atoms with E-state index in [2.05, 4.69) is 58.3 Å². The lowest BCUT2D eigenvalue weighted by molar-refractivity contribution is -0.120. The molecule has 0 atom stereocenters. The molecular weight excluding hydrogens is 528 g/mol. The molecule has 0 aliphatic heterocycles. The summed E-state index contributed by atoms with van der Waals surface area (Å²) in [6, 6.07) is 15.1. The zero-order valence-corrected chi connectivity index (χ0v) is 18.1. The van der Waals surface area contributed by atoms with Crippen molar-refractivity contribution in [2.45, 2.75) is 6.42 Å². The molecule has 3 aromatic rings. The van der Waals surface area contributed by atoms with Crippen LogP contribution in [0.5, 0.6) is 5.75 Å². The second kappa shape index (κ2) is 8.33. The molecule has 4 nitrogen and oxygen atoms in total. The van der Waals surface area contributed by atoms with Gasteiger partial charge in [0.25, 0.3) is 0 Å². The number of aromatic hydroxyl groups is 1. The predicted molar refractivity (Wildman–Crippen MR) is 115 cm³/mol. The molecule has 0 aliphatic rings. The van der Waals surface area contributed by atoms with Gasteiger partial charge in [-0.3, -0.25) is 4.79 Å². The van der Waals surface area contributed by atoms with Gasteiger partial charge in [0.15, 0.2) is 0 Å². The Morgan fingerprint density at radius 2 is 1.73 bits per heavy atom. The number of nitrogens with zero attached hydrogens (tertiary/aromatic N) is 1. The molecule has 0 fully saturated rings. The number of phenolic OH excluding ortho intramolecular Hbond substituents is 1. The van der Waals surface area contributed by atoms with Gasteiger partial charge in [0.2, 0.25) is 5.91 Å². The highest BCUT2D eigenvalue weighted by atomic mass is 79.9. The zero-order valence-electron chi connectivity index (χ0n) is 13.3. The number of nitrogens with one attached hydrogen (secondary N) is 1. The van der Waals surface area contributed by atoms with Gasteiger partial charge < -0.3 is 5.11 Å². The summed E-state index contributed by atoms with van der Waals surface area (Å²) in [6.07, 6.45) is 1.70. The Balaban J connectivity index is 1.72. The van der Waals surface area contributed by atoms with Crippen LogP contribution in [-0.2, 0) is 11.2 Å². The fourth-order valence-corrected chi connectivity index (χ4v) is 4.09. The maximum Gasteiger partial charge on any atom is 0.244 e. The number of carbonyl (C=O) groups is 1. The van der Waals surface area contributed by atoms with Crippen LogP contribution in [0.15, 0.2) is 67.1 Å². The molecule has 26 heavy (non-hydrogen) atoms. The van der Waals surface area contributed by atoms with E-state index >= 15 is 0 Å². The Labute approximate surface area is 175 Å². The third-order valence-electron chi connectivity index (χ3n) is 3.77. The first-order valence-corrected chi connectivity index (χ1v) is 9.99. The van der Waals surface area contributed by atoms with E-state index in [0.29, 0.717) is 10.0 Å². The number of halogens is 3. The molecule has 0 radical (unpaired) electrons. The average Bonchev–Trinajstić information content (AvgIpc) is 2.62. The molecule has 1 amide bonds. The second-order valence-corrected chi connectivity index (χ2v) is 8.11. The average molecular weight is 541 g/mol. The SMILES string of the molecule is O=C(Cc1ccc(Br)c2ccccc12)NN=Cc1cc(O)c(Br)cc1Br. The highest BCUT2D eigenvalue weighted by Gasteiger charge is 2.09. The Morgan fingerprint density at radius 3 is 2.50 bits per heavy atom. The molecule has 0 unspecified atom stereocenters. The molecular formula is C19H13Br3N2O2. The number of benzene rings is 3. The Morgan fingerprint density at radius 1 is 1.00 bits per heavy atom. The Hall–Kier alpha value is -1.70. The maximum absolute atomic E-state index is 12.2. The standard InChI is InChI=1S/C19H13Br3N2O2/c20-15-6-5-11(13-3-1-2-4-14(13)15)8-19(26)24-23-10-12-7-18(25)17(22)9-16(12)21/h1-7,9-10,25H,8H2,(H,24,26). The molecule has 0 saturated heterocycles. The van der Waals surface area contributed by atoms with Crippen LogP contribution < -0.4 is 5.43 Å². The molecule has 0 aromatic heterocycles. The van der Waals surface area contributed by atoms with Crippen LogP contribution in [0.3, 0.4) is 0 Å². The number of amides is 1. The van der Waals surface area contributed by atoms with Crippen LogP contribution in [0.1, 0.15) is 11.1 Å². The number of rotatable bonds is 4. The van der Waals surface area contributed by atoms with Crippen LogP contribution >= 0.6 is 47.8 Å². The summed E-state index contributed by atoms with van der Waals surface area (Å²) in [7, 11) is 0. The molecule has 0 saturated carbocycles. The molecule has 0 aliphatic carbocycles. The summed E-state index contributed by atoms with van der Waals surface area (Å²) in [5, 5.41) is 15.8. The van der Waals surface area contributed by atoms with Crippen molar-refractivity contribution in [3.63, 3.8) is 0 Å². The summed E-state index contributed by atoms with van der Waals surface area (Å²) < 4.78 is 2.32. The normalized spacial score (nSPS) is 11.2. The molecule has 3 aromatic carbocycles. The van der Waals surface area contributed by atoms with Crippen LogP contribution in [0.4, 0.5) is 0 Å². The lowest BCUT2D eigenvalue weighted by Gasteiger charge is -2.07. The first kappa shape index (κ1) is 19.1. The Kier molecular flexibility index (Phi) is 6.11. The van der Waals surface area contributed by atoms with E-state index < -0.39 is 0 Å². The van der Waals surface area contributed by atoms with Crippen molar-refractivity contribution in [2.24, 2.45) is 5.10 Å². The van der Waals surface area contributed by atoms with Crippen LogP contribution in [0, 0.1) is 0 Å². The third-order valence-corrected chi connectivity index (χ3v) is 5.78. The van der Waals surface area contributed by atoms with Gasteiger partial charge in [-0.15, -0.1) is 0 Å². The first-order chi connectivity index (χ1) is 12.5. The van der Waals surface area contributed by atoms with Crippen LogP contribution in [-0.4, -0.2) is 17.2 Å². The number of fused-ring (bicyclic) bond motifs is 1. The van der Waals surface area contributed by atoms with Crippen molar-refractivity contribution in [2.75, 3.05) is 0 Å². The summed E-state index contributed by atoms with van der Waals surface area (Å²) >= 11 is 10.2. The largest absolute Gasteiger partial charge is 0.507 e. The quantitative estimate of drug-likeness (QED) is 0.338. The monoisotopic (exact) mass is 538 g/mol. The van der Waals surface area contributed by atoms with Gasteiger partial charge in [-0.2, -0.15) is 5.10 Å².